The van der Waals surface area contributed by atoms with E-state index in [9.17, 15) is 0 Å². The minimum Gasteiger partial charge on any atom is -0.487 e. The fourth-order valence-electron chi connectivity index (χ4n) is 2.31. The summed E-state index contributed by atoms with van der Waals surface area (Å²) in [6.07, 6.45) is 0.817. The molecule has 1 heterocycles. The SMILES string of the molecule is CCc1nn(CC)c(COc2ccc(C)cc2CN)c1Cl. The Morgan fingerprint density at radius 1 is 1.33 bits per heavy atom. The number of nitrogens with two attached hydrogens (primary N) is 1. The number of benzene rings is 1. The number of aryl methyl sites for hydroxylation is 3. The number of ether oxygens (including phenoxy) is 1. The fraction of sp³-hybridized carbons (Fsp3) is 0.438. The first-order valence-corrected chi connectivity index (χ1v) is 7.64. The average molecular weight is 308 g/mol. The van der Waals surface area contributed by atoms with Crippen molar-refractivity contribution in [3.63, 3.8) is 0 Å². The molecule has 1 aromatic heterocycles. The molecule has 0 saturated carbocycles. The van der Waals surface area contributed by atoms with E-state index in [2.05, 4.69) is 5.10 Å². The monoisotopic (exact) mass is 307 g/mol. The predicted octanol–water partition coefficient (Wildman–Crippen LogP) is 3.46. The van der Waals surface area contributed by atoms with Gasteiger partial charge in [0.25, 0.3) is 0 Å². The Kier molecular flexibility index (Phi) is 5.26. The van der Waals surface area contributed by atoms with Gasteiger partial charge in [0.05, 0.1) is 16.4 Å². The lowest BCUT2D eigenvalue weighted by Gasteiger charge is -2.12. The van der Waals surface area contributed by atoms with Crippen molar-refractivity contribution in [2.75, 3.05) is 0 Å². The molecule has 2 rings (SSSR count). The average Bonchev–Trinajstić information content (AvgIpc) is 2.81. The second-order valence-corrected chi connectivity index (χ2v) is 5.36. The highest BCUT2D eigenvalue weighted by Crippen LogP contribution is 2.25. The highest BCUT2D eigenvalue weighted by atomic mass is 35.5. The molecule has 0 radical (unpaired) electrons. The summed E-state index contributed by atoms with van der Waals surface area (Å²) >= 11 is 6.39. The maximum Gasteiger partial charge on any atom is 0.131 e. The van der Waals surface area contributed by atoms with Crippen molar-refractivity contribution in [1.82, 2.24) is 9.78 Å². The molecule has 0 saturated heterocycles. The number of hydrogen-bond donors (Lipinski definition) is 1. The first-order valence-electron chi connectivity index (χ1n) is 7.27. The number of rotatable bonds is 6. The largest absolute Gasteiger partial charge is 0.487 e. The molecule has 0 unspecified atom stereocenters. The summed E-state index contributed by atoms with van der Waals surface area (Å²) in [6.45, 7) is 7.76. The van der Waals surface area contributed by atoms with Crippen molar-refractivity contribution in [1.29, 1.82) is 0 Å². The molecule has 4 nitrogen and oxygen atoms in total. The Bertz CT molecular complexity index is 622. The molecule has 0 aliphatic heterocycles. The Hall–Kier alpha value is -1.52. The van der Waals surface area contributed by atoms with Gasteiger partial charge in [0.1, 0.15) is 12.4 Å². The molecule has 2 aromatic rings. The van der Waals surface area contributed by atoms with Crippen molar-refractivity contribution in [3.8, 4) is 5.75 Å². The zero-order valence-corrected chi connectivity index (χ0v) is 13.6. The lowest BCUT2D eigenvalue weighted by atomic mass is 10.1. The number of nitrogens with zero attached hydrogens (tertiary/aromatic N) is 2. The molecule has 0 aliphatic carbocycles. The van der Waals surface area contributed by atoms with Crippen LogP contribution in [0.4, 0.5) is 0 Å². The number of halogens is 1. The normalized spacial score (nSPS) is 10.9. The minimum absolute atomic E-state index is 0.399. The van der Waals surface area contributed by atoms with E-state index in [1.807, 2.05) is 43.7 Å². The van der Waals surface area contributed by atoms with E-state index < -0.39 is 0 Å². The first kappa shape index (κ1) is 15.9. The second kappa shape index (κ2) is 6.96. The Morgan fingerprint density at radius 2 is 2.10 bits per heavy atom. The van der Waals surface area contributed by atoms with Gasteiger partial charge in [-0.2, -0.15) is 5.10 Å². The van der Waals surface area contributed by atoms with E-state index in [0.717, 1.165) is 35.7 Å². The van der Waals surface area contributed by atoms with Crippen LogP contribution in [-0.2, 0) is 26.1 Å². The maximum atomic E-state index is 6.39. The molecular weight excluding hydrogens is 286 g/mol. The fourth-order valence-corrected chi connectivity index (χ4v) is 2.63. The molecule has 0 spiro atoms. The molecular formula is C16H22ClN3O. The lowest BCUT2D eigenvalue weighted by molar-refractivity contribution is 0.289. The molecule has 0 bridgehead atoms. The van der Waals surface area contributed by atoms with Gasteiger partial charge in [-0.25, -0.2) is 0 Å². The van der Waals surface area contributed by atoms with Crippen molar-refractivity contribution >= 4 is 11.6 Å². The van der Waals surface area contributed by atoms with E-state index in [4.69, 9.17) is 22.1 Å². The van der Waals surface area contributed by atoms with Crippen molar-refractivity contribution < 1.29 is 4.74 Å². The summed E-state index contributed by atoms with van der Waals surface area (Å²) in [6, 6.07) is 6.02. The molecule has 0 aliphatic rings. The zero-order valence-electron chi connectivity index (χ0n) is 12.8. The van der Waals surface area contributed by atoms with Gasteiger partial charge in [-0.05, 0) is 26.3 Å². The van der Waals surface area contributed by atoms with Gasteiger partial charge in [0, 0.05) is 18.7 Å². The molecule has 5 heteroatoms. The Morgan fingerprint density at radius 3 is 2.71 bits per heavy atom. The minimum atomic E-state index is 0.399. The second-order valence-electron chi connectivity index (χ2n) is 4.98. The summed E-state index contributed by atoms with van der Waals surface area (Å²) in [5, 5.41) is 5.20. The Balaban J connectivity index is 2.22. The predicted molar refractivity (Wildman–Crippen MR) is 85.7 cm³/mol. The molecule has 21 heavy (non-hydrogen) atoms. The van der Waals surface area contributed by atoms with Crippen LogP contribution in [0.25, 0.3) is 0 Å². The molecule has 0 atom stereocenters. The quantitative estimate of drug-likeness (QED) is 0.889. The van der Waals surface area contributed by atoms with E-state index in [-0.39, 0.29) is 0 Å². The van der Waals surface area contributed by atoms with Crippen LogP contribution in [0.3, 0.4) is 0 Å². The van der Waals surface area contributed by atoms with E-state index in [1.165, 1.54) is 5.56 Å². The van der Waals surface area contributed by atoms with Crippen molar-refractivity contribution in [3.05, 3.63) is 45.7 Å². The summed E-state index contributed by atoms with van der Waals surface area (Å²) in [5.41, 5.74) is 9.79. The molecule has 0 amide bonds. The van der Waals surface area contributed by atoms with Gasteiger partial charge in [0.2, 0.25) is 0 Å². The maximum absolute atomic E-state index is 6.39. The van der Waals surface area contributed by atoms with E-state index in [0.29, 0.717) is 18.2 Å². The van der Waals surface area contributed by atoms with Crippen LogP contribution in [0.15, 0.2) is 18.2 Å². The van der Waals surface area contributed by atoms with Gasteiger partial charge < -0.3 is 10.5 Å². The Labute approximate surface area is 130 Å². The number of aromatic nitrogens is 2. The van der Waals surface area contributed by atoms with Crippen LogP contribution in [0.1, 0.15) is 36.4 Å². The van der Waals surface area contributed by atoms with Crippen LogP contribution in [-0.4, -0.2) is 9.78 Å². The number of hydrogen-bond acceptors (Lipinski definition) is 3. The summed E-state index contributed by atoms with van der Waals surface area (Å²) in [4.78, 5) is 0. The van der Waals surface area contributed by atoms with Crippen LogP contribution in [0.5, 0.6) is 5.75 Å². The van der Waals surface area contributed by atoms with Crippen LogP contribution < -0.4 is 10.5 Å². The smallest absolute Gasteiger partial charge is 0.131 e. The zero-order chi connectivity index (χ0) is 15.4. The first-order chi connectivity index (χ1) is 10.1. The van der Waals surface area contributed by atoms with Crippen LogP contribution >= 0.6 is 11.6 Å². The summed E-state index contributed by atoms with van der Waals surface area (Å²) in [7, 11) is 0. The highest BCUT2D eigenvalue weighted by Gasteiger charge is 2.15. The van der Waals surface area contributed by atoms with Crippen LogP contribution in [0.2, 0.25) is 5.02 Å². The standard InChI is InChI=1S/C16H22ClN3O/c1-4-13-16(17)14(20(5-2)19-13)10-21-15-7-6-11(3)8-12(15)9-18/h6-8H,4-5,9-10,18H2,1-3H3. The van der Waals surface area contributed by atoms with Gasteiger partial charge in [-0.3, -0.25) is 4.68 Å². The van der Waals surface area contributed by atoms with Crippen LogP contribution in [0, 0.1) is 6.92 Å². The highest BCUT2D eigenvalue weighted by molar-refractivity contribution is 6.31. The third-order valence-electron chi connectivity index (χ3n) is 3.49. The third kappa shape index (κ3) is 3.39. The van der Waals surface area contributed by atoms with E-state index >= 15 is 0 Å². The van der Waals surface area contributed by atoms with Crippen molar-refractivity contribution in [2.24, 2.45) is 5.73 Å². The topological polar surface area (TPSA) is 53.1 Å². The van der Waals surface area contributed by atoms with Gasteiger partial charge >= 0.3 is 0 Å². The molecule has 0 fully saturated rings. The van der Waals surface area contributed by atoms with Gasteiger partial charge in [-0.1, -0.05) is 36.2 Å². The lowest BCUT2D eigenvalue weighted by Crippen LogP contribution is -2.08. The molecule has 2 N–H and O–H groups in total. The molecule has 1 aromatic carbocycles. The third-order valence-corrected chi connectivity index (χ3v) is 3.93. The molecule has 114 valence electrons. The summed E-state index contributed by atoms with van der Waals surface area (Å²) in [5.74, 6) is 0.807. The van der Waals surface area contributed by atoms with E-state index in [1.54, 1.807) is 0 Å². The van der Waals surface area contributed by atoms with Crippen molar-refractivity contribution in [2.45, 2.75) is 46.9 Å². The summed E-state index contributed by atoms with van der Waals surface area (Å²) < 4.78 is 7.83. The van der Waals surface area contributed by atoms with Gasteiger partial charge in [-0.15, -0.1) is 0 Å². The van der Waals surface area contributed by atoms with Gasteiger partial charge in [0.15, 0.2) is 0 Å².